The summed E-state index contributed by atoms with van der Waals surface area (Å²) in [5, 5.41) is 6.92. The fourth-order valence-electron chi connectivity index (χ4n) is 2.42. The van der Waals surface area contributed by atoms with E-state index in [9.17, 15) is 4.79 Å². The highest BCUT2D eigenvalue weighted by Gasteiger charge is 2.09. The van der Waals surface area contributed by atoms with Gasteiger partial charge in [0.1, 0.15) is 0 Å². The first kappa shape index (κ1) is 20.3. The molecule has 150 valence electrons. The lowest BCUT2D eigenvalue weighted by Gasteiger charge is -2.11. The average molecular weight is 411 g/mol. The predicted molar refractivity (Wildman–Crippen MR) is 114 cm³/mol. The van der Waals surface area contributed by atoms with Crippen molar-refractivity contribution in [1.82, 2.24) is 4.98 Å². The van der Waals surface area contributed by atoms with E-state index in [1.165, 1.54) is 18.4 Å². The lowest BCUT2D eigenvalue weighted by atomic mass is 10.2. The van der Waals surface area contributed by atoms with Crippen LogP contribution in [-0.4, -0.2) is 37.5 Å². The van der Waals surface area contributed by atoms with Crippen molar-refractivity contribution in [3.05, 3.63) is 59.5 Å². The molecule has 3 aromatic rings. The molecule has 0 saturated heterocycles. The number of carbonyl (C=O) groups is 1. The maximum atomic E-state index is 11.3. The molecule has 0 aliphatic rings. The highest BCUT2D eigenvalue weighted by molar-refractivity contribution is 7.14. The lowest BCUT2D eigenvalue weighted by Crippen LogP contribution is -2.13. The molecule has 0 unspecified atom stereocenters. The zero-order valence-corrected chi connectivity index (χ0v) is 16.9. The van der Waals surface area contributed by atoms with Crippen molar-refractivity contribution < 1.29 is 19.0 Å². The second-order valence-corrected chi connectivity index (χ2v) is 6.64. The summed E-state index contributed by atoms with van der Waals surface area (Å²) in [7, 11) is 1.31. The van der Waals surface area contributed by atoms with Gasteiger partial charge >= 0.3 is 5.97 Å². The summed E-state index contributed by atoms with van der Waals surface area (Å²) < 4.78 is 15.6. The molecule has 7 nitrogen and oxygen atoms in total. The molecule has 0 aliphatic heterocycles. The first-order chi connectivity index (χ1) is 14.2. The Bertz CT molecular complexity index is 973. The Hall–Kier alpha value is -3.39. The molecule has 3 rings (SSSR count). The number of hydrazone groups is 1. The van der Waals surface area contributed by atoms with Gasteiger partial charge in [0.25, 0.3) is 0 Å². The lowest BCUT2D eigenvalue weighted by molar-refractivity contribution is -0.142. The summed E-state index contributed by atoms with van der Waals surface area (Å²) in [5.74, 6) is 0.538. The first-order valence-electron chi connectivity index (χ1n) is 8.96. The van der Waals surface area contributed by atoms with Crippen LogP contribution in [0.3, 0.4) is 0 Å². The van der Waals surface area contributed by atoms with Gasteiger partial charge < -0.3 is 14.2 Å². The molecule has 0 fully saturated rings. The van der Waals surface area contributed by atoms with Crippen molar-refractivity contribution in [2.24, 2.45) is 5.10 Å². The predicted octanol–water partition coefficient (Wildman–Crippen LogP) is 4.21. The molecule has 0 spiro atoms. The molecule has 1 N–H and O–H groups in total. The summed E-state index contributed by atoms with van der Waals surface area (Å²) >= 11 is 1.48. The molecule has 29 heavy (non-hydrogen) atoms. The van der Waals surface area contributed by atoms with Crippen molar-refractivity contribution in [1.29, 1.82) is 0 Å². The van der Waals surface area contributed by atoms with E-state index in [4.69, 9.17) is 9.47 Å². The molecule has 1 aromatic heterocycles. The third kappa shape index (κ3) is 5.79. The Morgan fingerprint density at radius 3 is 2.76 bits per heavy atom. The fourth-order valence-corrected chi connectivity index (χ4v) is 3.09. The standard InChI is InChI=1S/C21H21N3O4S/c1-3-27-19-11-15(9-10-18(19)28-13-20(25)26-2)12-22-24-21-23-17(14-29-21)16-7-5-4-6-8-16/h4-12,14H,3,13H2,1-2H3,(H,23,24). The van der Waals surface area contributed by atoms with Gasteiger partial charge in [-0.3, -0.25) is 5.43 Å². The smallest absolute Gasteiger partial charge is 0.343 e. The normalized spacial score (nSPS) is 10.7. The van der Waals surface area contributed by atoms with E-state index in [-0.39, 0.29) is 6.61 Å². The summed E-state index contributed by atoms with van der Waals surface area (Å²) in [6, 6.07) is 15.3. The van der Waals surface area contributed by atoms with E-state index in [1.807, 2.05) is 48.7 Å². The van der Waals surface area contributed by atoms with Crippen LogP contribution in [0.1, 0.15) is 12.5 Å². The number of benzene rings is 2. The van der Waals surface area contributed by atoms with E-state index in [2.05, 4.69) is 20.2 Å². The Morgan fingerprint density at radius 2 is 2.00 bits per heavy atom. The average Bonchev–Trinajstić information content (AvgIpc) is 3.23. The number of anilines is 1. The topological polar surface area (TPSA) is 82.0 Å². The number of methoxy groups -OCH3 is 1. The van der Waals surface area contributed by atoms with Gasteiger partial charge in [-0.2, -0.15) is 5.10 Å². The quantitative estimate of drug-likeness (QED) is 0.323. The Labute approximate surface area is 173 Å². The minimum atomic E-state index is -0.458. The summed E-state index contributed by atoms with van der Waals surface area (Å²) in [4.78, 5) is 15.8. The van der Waals surface area contributed by atoms with Crippen LogP contribution >= 0.6 is 11.3 Å². The number of thiazole rings is 1. The van der Waals surface area contributed by atoms with Crippen LogP contribution in [0.25, 0.3) is 11.3 Å². The van der Waals surface area contributed by atoms with Crippen LogP contribution in [0.2, 0.25) is 0 Å². The summed E-state index contributed by atoms with van der Waals surface area (Å²) in [6.07, 6.45) is 1.66. The van der Waals surface area contributed by atoms with Gasteiger partial charge in [0, 0.05) is 10.9 Å². The van der Waals surface area contributed by atoms with E-state index >= 15 is 0 Å². The number of hydrogen-bond donors (Lipinski definition) is 1. The number of aromatic nitrogens is 1. The molecule has 1 heterocycles. The van der Waals surface area contributed by atoms with Crippen molar-refractivity contribution in [3.8, 4) is 22.8 Å². The van der Waals surface area contributed by atoms with Gasteiger partial charge in [0.2, 0.25) is 5.13 Å². The monoisotopic (exact) mass is 411 g/mol. The van der Waals surface area contributed by atoms with Gasteiger partial charge in [0.05, 0.1) is 25.6 Å². The minimum absolute atomic E-state index is 0.181. The third-order valence-corrected chi connectivity index (χ3v) is 4.54. The Kier molecular flexibility index (Phi) is 7.18. The first-order valence-corrected chi connectivity index (χ1v) is 9.84. The number of carbonyl (C=O) groups excluding carboxylic acids is 1. The number of ether oxygens (including phenoxy) is 3. The van der Waals surface area contributed by atoms with Crippen LogP contribution < -0.4 is 14.9 Å². The van der Waals surface area contributed by atoms with Crippen LogP contribution in [-0.2, 0) is 9.53 Å². The van der Waals surface area contributed by atoms with Crippen LogP contribution in [0.5, 0.6) is 11.5 Å². The van der Waals surface area contributed by atoms with Crippen LogP contribution in [0, 0.1) is 0 Å². The van der Waals surface area contributed by atoms with Gasteiger partial charge in [-0.05, 0) is 30.7 Å². The molecule has 0 aliphatic carbocycles. The third-order valence-electron chi connectivity index (χ3n) is 3.79. The number of nitrogens with one attached hydrogen (secondary N) is 1. The van der Waals surface area contributed by atoms with E-state index in [0.29, 0.717) is 23.2 Å². The molecule has 2 aromatic carbocycles. The molecule has 0 bridgehead atoms. The van der Waals surface area contributed by atoms with E-state index < -0.39 is 5.97 Å². The molecular weight excluding hydrogens is 390 g/mol. The molecule has 0 radical (unpaired) electrons. The zero-order chi connectivity index (χ0) is 20.5. The van der Waals surface area contributed by atoms with Crippen molar-refractivity contribution in [2.75, 3.05) is 25.7 Å². The summed E-state index contributed by atoms with van der Waals surface area (Å²) in [6.45, 7) is 2.16. The van der Waals surface area contributed by atoms with Crippen molar-refractivity contribution >= 4 is 28.7 Å². The SMILES string of the molecule is CCOc1cc(C=NNc2nc(-c3ccccc3)cs2)ccc1OCC(=O)OC. The number of esters is 1. The molecular formula is C21H21N3O4S. The zero-order valence-electron chi connectivity index (χ0n) is 16.1. The Morgan fingerprint density at radius 1 is 1.17 bits per heavy atom. The maximum Gasteiger partial charge on any atom is 0.343 e. The number of nitrogens with zero attached hydrogens (tertiary/aromatic N) is 2. The molecule has 0 amide bonds. The molecule has 0 saturated carbocycles. The summed E-state index contributed by atoms with van der Waals surface area (Å²) in [5.41, 5.74) is 5.71. The number of hydrogen-bond acceptors (Lipinski definition) is 8. The fraction of sp³-hybridized carbons (Fsp3) is 0.190. The second kappa shape index (κ2) is 10.2. The largest absolute Gasteiger partial charge is 0.490 e. The van der Waals surface area contributed by atoms with E-state index in [0.717, 1.165) is 16.8 Å². The van der Waals surface area contributed by atoms with Gasteiger partial charge in [-0.25, -0.2) is 9.78 Å². The highest BCUT2D eigenvalue weighted by atomic mass is 32.1. The van der Waals surface area contributed by atoms with Crippen molar-refractivity contribution in [2.45, 2.75) is 6.92 Å². The molecule has 0 atom stereocenters. The molecule has 8 heteroatoms. The highest BCUT2D eigenvalue weighted by Crippen LogP contribution is 2.28. The van der Waals surface area contributed by atoms with E-state index in [1.54, 1.807) is 18.3 Å². The number of rotatable bonds is 9. The van der Waals surface area contributed by atoms with Gasteiger partial charge in [-0.15, -0.1) is 11.3 Å². The minimum Gasteiger partial charge on any atom is -0.490 e. The van der Waals surface area contributed by atoms with Crippen LogP contribution in [0.4, 0.5) is 5.13 Å². The maximum absolute atomic E-state index is 11.3. The Balaban J connectivity index is 1.65. The van der Waals surface area contributed by atoms with Gasteiger partial charge in [-0.1, -0.05) is 30.3 Å². The van der Waals surface area contributed by atoms with Crippen LogP contribution in [0.15, 0.2) is 59.0 Å². The van der Waals surface area contributed by atoms with Crippen molar-refractivity contribution in [3.63, 3.8) is 0 Å². The second-order valence-electron chi connectivity index (χ2n) is 5.78. The van der Waals surface area contributed by atoms with Gasteiger partial charge in [0.15, 0.2) is 18.1 Å².